The minimum Gasteiger partial charge on any atom is -0.382 e. The standard InChI is InChI=1S/C18H17F5N6O2/c1-7-17(2,29-16(25)18(22,23)31-7)9-5-8(3-4-10(9)19)27-15(30)12-14(24)28-11(6-26-12)13(20)21/h3-7,13H,1-2H3,(H2,24,28)(H2,25,29)(H,27,30). The van der Waals surface area contributed by atoms with Gasteiger partial charge in [0.15, 0.2) is 17.3 Å². The minimum absolute atomic E-state index is 0.0278. The van der Waals surface area contributed by atoms with Crippen molar-refractivity contribution in [1.29, 1.82) is 0 Å². The number of nitrogens with one attached hydrogen (secondary N) is 1. The SMILES string of the molecule is CC1OC(F)(F)C(N)=NC1(C)c1cc(NC(=O)c2ncc(C(F)F)nc2N)ccc1F. The second-order valence-electron chi connectivity index (χ2n) is 6.90. The Morgan fingerprint density at radius 1 is 1.29 bits per heavy atom. The molecule has 1 aromatic heterocycles. The molecule has 1 aromatic carbocycles. The van der Waals surface area contributed by atoms with Gasteiger partial charge in [-0.15, -0.1) is 0 Å². The third-order valence-electron chi connectivity index (χ3n) is 4.79. The Morgan fingerprint density at radius 2 is 1.97 bits per heavy atom. The van der Waals surface area contributed by atoms with Gasteiger partial charge in [0.05, 0.1) is 12.3 Å². The summed E-state index contributed by atoms with van der Waals surface area (Å²) in [5.41, 5.74) is 7.88. The molecule has 8 nitrogen and oxygen atoms in total. The average Bonchev–Trinajstić information content (AvgIpc) is 2.67. The number of benzene rings is 1. The van der Waals surface area contributed by atoms with Crippen molar-refractivity contribution in [2.45, 2.75) is 38.0 Å². The van der Waals surface area contributed by atoms with E-state index in [2.05, 4.69) is 25.0 Å². The van der Waals surface area contributed by atoms with Crippen molar-refractivity contribution in [3.05, 3.63) is 47.2 Å². The zero-order valence-corrected chi connectivity index (χ0v) is 16.2. The summed E-state index contributed by atoms with van der Waals surface area (Å²) >= 11 is 0. The van der Waals surface area contributed by atoms with Gasteiger partial charge in [-0.2, -0.15) is 8.78 Å². The highest BCUT2D eigenvalue weighted by atomic mass is 19.3. The summed E-state index contributed by atoms with van der Waals surface area (Å²) in [6.45, 7) is 2.62. The maximum Gasteiger partial charge on any atom is 0.415 e. The summed E-state index contributed by atoms with van der Waals surface area (Å²) in [5.74, 6) is -3.36. The van der Waals surface area contributed by atoms with E-state index >= 15 is 0 Å². The number of anilines is 2. The lowest BCUT2D eigenvalue weighted by Crippen LogP contribution is -2.52. The molecule has 0 radical (unpaired) electrons. The van der Waals surface area contributed by atoms with Crippen LogP contribution in [0.2, 0.25) is 0 Å². The third-order valence-corrected chi connectivity index (χ3v) is 4.79. The number of rotatable bonds is 4. The lowest BCUT2D eigenvalue weighted by atomic mass is 9.86. The Hall–Kier alpha value is -3.35. The van der Waals surface area contributed by atoms with Crippen LogP contribution in [-0.4, -0.2) is 33.9 Å². The van der Waals surface area contributed by atoms with Crippen molar-refractivity contribution in [3.8, 4) is 0 Å². The van der Waals surface area contributed by atoms with E-state index in [1.165, 1.54) is 19.9 Å². The lowest BCUT2D eigenvalue weighted by Gasteiger charge is -2.39. The Kier molecular flexibility index (Phi) is 5.56. The third kappa shape index (κ3) is 4.13. The molecule has 3 rings (SSSR count). The highest BCUT2D eigenvalue weighted by Crippen LogP contribution is 2.40. The monoisotopic (exact) mass is 444 g/mol. The molecule has 0 aliphatic carbocycles. The van der Waals surface area contributed by atoms with Crippen LogP contribution >= 0.6 is 0 Å². The van der Waals surface area contributed by atoms with Crippen molar-refractivity contribution in [3.63, 3.8) is 0 Å². The molecule has 0 saturated heterocycles. The van der Waals surface area contributed by atoms with Crippen LogP contribution in [-0.2, 0) is 10.3 Å². The maximum atomic E-state index is 14.6. The second-order valence-corrected chi connectivity index (χ2v) is 6.90. The smallest absolute Gasteiger partial charge is 0.382 e. The Balaban J connectivity index is 1.93. The van der Waals surface area contributed by atoms with E-state index in [9.17, 15) is 26.7 Å². The van der Waals surface area contributed by atoms with Crippen LogP contribution in [0.5, 0.6) is 0 Å². The number of aliphatic imine (C=N–C) groups is 1. The largest absolute Gasteiger partial charge is 0.415 e. The number of hydrogen-bond acceptors (Lipinski definition) is 7. The summed E-state index contributed by atoms with van der Waals surface area (Å²) < 4.78 is 71.8. The van der Waals surface area contributed by atoms with Crippen LogP contribution in [0, 0.1) is 5.82 Å². The van der Waals surface area contributed by atoms with Gasteiger partial charge in [0.25, 0.3) is 12.3 Å². The Bertz CT molecular complexity index is 1060. The van der Waals surface area contributed by atoms with Gasteiger partial charge < -0.3 is 21.5 Å². The molecule has 1 aliphatic rings. The molecule has 0 fully saturated rings. The molecule has 166 valence electrons. The van der Waals surface area contributed by atoms with Crippen LogP contribution < -0.4 is 16.8 Å². The summed E-state index contributed by atoms with van der Waals surface area (Å²) in [7, 11) is 0. The van der Waals surface area contributed by atoms with Crippen LogP contribution in [0.15, 0.2) is 29.4 Å². The van der Waals surface area contributed by atoms with Gasteiger partial charge in [0.2, 0.25) is 0 Å². The van der Waals surface area contributed by atoms with Gasteiger partial charge in [0.1, 0.15) is 17.1 Å². The first-order valence-electron chi connectivity index (χ1n) is 8.78. The number of nitrogen functional groups attached to an aromatic ring is 1. The number of hydrogen-bond donors (Lipinski definition) is 3. The molecule has 2 aromatic rings. The molecule has 0 spiro atoms. The second kappa shape index (κ2) is 7.72. The van der Waals surface area contributed by atoms with Gasteiger partial charge in [0, 0.05) is 11.3 Å². The Morgan fingerprint density at radius 3 is 2.58 bits per heavy atom. The van der Waals surface area contributed by atoms with Crippen LogP contribution in [0.1, 0.15) is 42.0 Å². The number of halogens is 5. The van der Waals surface area contributed by atoms with Gasteiger partial charge in [-0.05, 0) is 32.0 Å². The fraction of sp³-hybridized carbons (Fsp3) is 0.333. The number of amides is 1. The Labute approximate surface area is 172 Å². The summed E-state index contributed by atoms with van der Waals surface area (Å²) in [4.78, 5) is 23.2. The van der Waals surface area contributed by atoms with Crippen molar-refractivity contribution in [1.82, 2.24) is 9.97 Å². The first-order valence-corrected chi connectivity index (χ1v) is 8.78. The summed E-state index contributed by atoms with van der Waals surface area (Å²) in [6.07, 6.45) is -7.31. The topological polar surface area (TPSA) is 129 Å². The number of carbonyl (C=O) groups is 1. The number of alkyl halides is 4. The molecule has 31 heavy (non-hydrogen) atoms. The normalized spacial score (nSPS) is 22.8. The first kappa shape index (κ1) is 22.3. The highest BCUT2D eigenvalue weighted by molar-refractivity contribution is 6.05. The molecule has 1 aliphatic heterocycles. The highest BCUT2D eigenvalue weighted by Gasteiger charge is 2.50. The van der Waals surface area contributed by atoms with E-state index in [0.717, 1.165) is 12.1 Å². The molecule has 13 heteroatoms. The number of carbonyl (C=O) groups excluding carboxylic acids is 1. The van der Waals surface area contributed by atoms with Crippen LogP contribution in [0.3, 0.4) is 0 Å². The molecule has 1 amide bonds. The molecule has 5 N–H and O–H groups in total. The van der Waals surface area contributed by atoms with Crippen molar-refractivity contribution in [2.75, 3.05) is 11.1 Å². The van der Waals surface area contributed by atoms with E-state index in [1.807, 2.05) is 0 Å². The number of nitrogens with zero attached hydrogens (tertiary/aromatic N) is 3. The zero-order chi connectivity index (χ0) is 23.1. The number of amidine groups is 1. The number of aromatic nitrogens is 2. The van der Waals surface area contributed by atoms with Gasteiger partial charge >= 0.3 is 6.11 Å². The molecule has 2 unspecified atom stereocenters. The zero-order valence-electron chi connectivity index (χ0n) is 16.2. The number of ether oxygens (including phenoxy) is 1. The quantitative estimate of drug-likeness (QED) is 0.622. The number of nitrogens with two attached hydrogens (primary N) is 2. The maximum absolute atomic E-state index is 14.6. The van der Waals surface area contributed by atoms with E-state index in [-0.39, 0.29) is 11.3 Å². The van der Waals surface area contributed by atoms with Gasteiger partial charge in [-0.3, -0.25) is 9.79 Å². The van der Waals surface area contributed by atoms with Crippen LogP contribution in [0.4, 0.5) is 33.5 Å². The summed E-state index contributed by atoms with van der Waals surface area (Å²) in [5, 5.41) is 2.37. The molecule has 0 saturated carbocycles. The predicted molar refractivity (Wildman–Crippen MR) is 100 cm³/mol. The summed E-state index contributed by atoms with van der Waals surface area (Å²) in [6, 6.07) is 3.33. The fourth-order valence-electron chi connectivity index (χ4n) is 2.96. The molecule has 2 heterocycles. The van der Waals surface area contributed by atoms with Crippen molar-refractivity contribution < 1.29 is 31.5 Å². The van der Waals surface area contributed by atoms with Crippen molar-refractivity contribution >= 4 is 23.2 Å². The van der Waals surface area contributed by atoms with E-state index in [1.54, 1.807) is 0 Å². The van der Waals surface area contributed by atoms with Crippen molar-refractivity contribution in [2.24, 2.45) is 10.7 Å². The minimum atomic E-state index is -3.80. The van der Waals surface area contributed by atoms with Crippen LogP contribution in [0.25, 0.3) is 0 Å². The fourth-order valence-corrected chi connectivity index (χ4v) is 2.96. The van der Waals surface area contributed by atoms with E-state index in [0.29, 0.717) is 6.20 Å². The van der Waals surface area contributed by atoms with Gasteiger partial charge in [-0.1, -0.05) is 0 Å². The van der Waals surface area contributed by atoms with E-state index in [4.69, 9.17) is 11.5 Å². The molecule has 2 atom stereocenters. The first-order chi connectivity index (χ1) is 14.3. The van der Waals surface area contributed by atoms with Gasteiger partial charge in [-0.25, -0.2) is 23.1 Å². The van der Waals surface area contributed by atoms with E-state index < -0.39 is 58.9 Å². The molecule has 0 bridgehead atoms. The predicted octanol–water partition coefficient (Wildman–Crippen LogP) is 2.97. The molecular formula is C18H17F5N6O2. The lowest BCUT2D eigenvalue weighted by molar-refractivity contribution is -0.231. The average molecular weight is 444 g/mol. The molecular weight excluding hydrogens is 427 g/mol.